The molecule has 0 aliphatic rings. The van der Waals surface area contributed by atoms with Crippen LogP contribution in [-0.2, 0) is 15.8 Å². The van der Waals surface area contributed by atoms with Crippen molar-refractivity contribution in [3.05, 3.63) is 34.6 Å². The van der Waals surface area contributed by atoms with Gasteiger partial charge in [0.2, 0.25) is 10.0 Å². The molecule has 0 fully saturated rings. The quantitative estimate of drug-likeness (QED) is 0.768. The summed E-state index contributed by atoms with van der Waals surface area (Å²) in [5, 5.41) is 2.75. The van der Waals surface area contributed by atoms with Gasteiger partial charge in [-0.1, -0.05) is 17.7 Å². The minimum absolute atomic E-state index is 0.0760. The third-order valence-electron chi connectivity index (χ3n) is 2.04. The van der Waals surface area contributed by atoms with Crippen molar-refractivity contribution >= 4 is 21.6 Å². The molecule has 0 aliphatic heterocycles. The van der Waals surface area contributed by atoms with Crippen molar-refractivity contribution in [1.29, 1.82) is 0 Å². The lowest BCUT2D eigenvalue weighted by molar-refractivity contribution is 0.578. The maximum Gasteiger partial charge on any atom is 0.215 e. The molecule has 0 heterocycles. The van der Waals surface area contributed by atoms with E-state index in [1.54, 1.807) is 7.05 Å². The summed E-state index contributed by atoms with van der Waals surface area (Å²) < 4.78 is 38.5. The number of sulfonamides is 1. The Hall–Kier alpha value is -0.690. The van der Waals surface area contributed by atoms with Gasteiger partial charge in [0.25, 0.3) is 0 Å². The monoisotopic (exact) mass is 280 g/mol. The Morgan fingerprint density at radius 3 is 2.65 bits per heavy atom. The summed E-state index contributed by atoms with van der Waals surface area (Å²) >= 11 is 5.57. The molecule has 96 valence electrons. The second kappa shape index (κ2) is 6.30. The van der Waals surface area contributed by atoms with E-state index in [9.17, 15) is 12.8 Å². The topological polar surface area (TPSA) is 58.2 Å². The highest BCUT2D eigenvalue weighted by Gasteiger charge is 2.11. The number of hydrogen-bond acceptors (Lipinski definition) is 3. The highest BCUT2D eigenvalue weighted by atomic mass is 35.5. The average Bonchev–Trinajstić information content (AvgIpc) is 2.23. The second-order valence-electron chi connectivity index (χ2n) is 3.51. The van der Waals surface area contributed by atoms with Crippen molar-refractivity contribution in [3.8, 4) is 0 Å². The molecule has 0 spiro atoms. The van der Waals surface area contributed by atoms with E-state index in [1.165, 1.54) is 12.1 Å². The Kier molecular flexibility index (Phi) is 5.32. The Bertz CT molecular complexity index is 479. The van der Waals surface area contributed by atoms with Gasteiger partial charge in [-0.2, -0.15) is 0 Å². The average molecular weight is 281 g/mol. The van der Waals surface area contributed by atoms with E-state index >= 15 is 0 Å². The lowest BCUT2D eigenvalue weighted by Crippen LogP contribution is -2.31. The fourth-order valence-corrected chi connectivity index (χ4v) is 2.57. The third kappa shape index (κ3) is 4.99. The number of likely N-dealkylation sites (N-methyl/N-ethyl adjacent to an activating group) is 1. The lowest BCUT2D eigenvalue weighted by Gasteiger charge is -2.07. The molecule has 0 saturated carbocycles. The highest BCUT2D eigenvalue weighted by Crippen LogP contribution is 2.17. The smallest absolute Gasteiger partial charge is 0.215 e. The molecule has 2 N–H and O–H groups in total. The van der Waals surface area contributed by atoms with Crippen LogP contribution in [0.15, 0.2) is 18.2 Å². The summed E-state index contributed by atoms with van der Waals surface area (Å²) in [6.07, 6.45) is 0. The third-order valence-corrected chi connectivity index (χ3v) is 3.68. The zero-order chi connectivity index (χ0) is 12.9. The molecule has 0 aliphatic carbocycles. The molecule has 0 aromatic heterocycles. The lowest BCUT2D eigenvalue weighted by atomic mass is 10.2. The summed E-state index contributed by atoms with van der Waals surface area (Å²) in [4.78, 5) is 0. The molecule has 0 radical (unpaired) electrons. The fraction of sp³-hybridized carbons (Fsp3) is 0.400. The Morgan fingerprint density at radius 2 is 2.06 bits per heavy atom. The van der Waals surface area contributed by atoms with Crippen LogP contribution < -0.4 is 10.0 Å². The van der Waals surface area contributed by atoms with Gasteiger partial charge >= 0.3 is 0 Å². The van der Waals surface area contributed by atoms with Crippen molar-refractivity contribution < 1.29 is 12.8 Å². The van der Waals surface area contributed by atoms with Crippen LogP contribution in [0.5, 0.6) is 0 Å². The molecule has 0 bridgehead atoms. The first-order valence-electron chi connectivity index (χ1n) is 5.00. The fourth-order valence-electron chi connectivity index (χ4n) is 1.23. The van der Waals surface area contributed by atoms with Gasteiger partial charge in [-0.25, -0.2) is 17.5 Å². The van der Waals surface area contributed by atoms with E-state index in [0.29, 0.717) is 18.7 Å². The van der Waals surface area contributed by atoms with E-state index < -0.39 is 15.8 Å². The first-order valence-corrected chi connectivity index (χ1v) is 7.03. The number of halogens is 2. The van der Waals surface area contributed by atoms with Crippen LogP contribution in [0.25, 0.3) is 0 Å². The first kappa shape index (κ1) is 14.4. The van der Waals surface area contributed by atoms with Gasteiger partial charge in [0.1, 0.15) is 5.82 Å². The molecule has 1 aromatic rings. The highest BCUT2D eigenvalue weighted by molar-refractivity contribution is 7.88. The van der Waals surface area contributed by atoms with Gasteiger partial charge in [0.05, 0.1) is 10.8 Å². The minimum Gasteiger partial charge on any atom is -0.318 e. The molecule has 0 unspecified atom stereocenters. The van der Waals surface area contributed by atoms with Crippen LogP contribution in [0.2, 0.25) is 5.02 Å². The number of rotatable bonds is 6. The Morgan fingerprint density at radius 1 is 1.35 bits per heavy atom. The Balaban J connectivity index is 2.66. The van der Waals surface area contributed by atoms with Gasteiger partial charge < -0.3 is 5.32 Å². The molecule has 0 atom stereocenters. The maximum atomic E-state index is 12.9. The minimum atomic E-state index is -3.41. The van der Waals surface area contributed by atoms with E-state index in [1.807, 2.05) is 0 Å². The summed E-state index contributed by atoms with van der Waals surface area (Å²) in [5.74, 6) is -0.771. The van der Waals surface area contributed by atoms with Crippen molar-refractivity contribution in [2.45, 2.75) is 5.75 Å². The summed E-state index contributed by atoms with van der Waals surface area (Å²) in [7, 11) is -1.68. The van der Waals surface area contributed by atoms with E-state index in [4.69, 9.17) is 11.6 Å². The van der Waals surface area contributed by atoms with Gasteiger partial charge in [0.15, 0.2) is 0 Å². The van der Waals surface area contributed by atoms with Gasteiger partial charge in [-0.15, -0.1) is 0 Å². The van der Waals surface area contributed by atoms with Gasteiger partial charge in [-0.05, 0) is 24.7 Å². The zero-order valence-electron chi connectivity index (χ0n) is 9.33. The maximum absolute atomic E-state index is 12.9. The largest absolute Gasteiger partial charge is 0.318 e. The second-order valence-corrected chi connectivity index (χ2v) is 5.72. The van der Waals surface area contributed by atoms with Crippen molar-refractivity contribution in [2.24, 2.45) is 0 Å². The number of hydrogen-bond donors (Lipinski definition) is 2. The summed E-state index contributed by atoms with van der Waals surface area (Å²) in [6.45, 7) is 0.858. The van der Waals surface area contributed by atoms with Crippen molar-refractivity contribution in [1.82, 2.24) is 10.0 Å². The standard InChI is InChI=1S/C10H14ClFN2O2S/c1-13-4-5-14-17(15,16)7-8-2-3-10(12)9(11)6-8/h2-3,6,13-14H,4-5,7H2,1H3. The van der Waals surface area contributed by atoms with E-state index in [2.05, 4.69) is 10.0 Å². The van der Waals surface area contributed by atoms with E-state index in [-0.39, 0.29) is 10.8 Å². The molecule has 17 heavy (non-hydrogen) atoms. The molecule has 1 aromatic carbocycles. The number of benzene rings is 1. The molecule has 0 amide bonds. The molecule has 0 saturated heterocycles. The zero-order valence-corrected chi connectivity index (χ0v) is 10.9. The molecular formula is C10H14ClFN2O2S. The van der Waals surface area contributed by atoms with Crippen molar-refractivity contribution in [3.63, 3.8) is 0 Å². The van der Waals surface area contributed by atoms with Crippen LogP contribution in [0.3, 0.4) is 0 Å². The van der Waals surface area contributed by atoms with Crippen LogP contribution in [-0.4, -0.2) is 28.6 Å². The van der Waals surface area contributed by atoms with Crippen LogP contribution >= 0.6 is 11.6 Å². The summed E-state index contributed by atoms with van der Waals surface area (Å²) in [5.41, 5.74) is 0.452. The van der Waals surface area contributed by atoms with Gasteiger partial charge in [0, 0.05) is 13.1 Å². The summed E-state index contributed by atoms with van der Waals surface area (Å²) in [6, 6.07) is 3.87. The van der Waals surface area contributed by atoms with Crippen LogP contribution in [0.1, 0.15) is 5.56 Å². The van der Waals surface area contributed by atoms with Gasteiger partial charge in [-0.3, -0.25) is 0 Å². The predicted octanol–water partition coefficient (Wildman–Crippen LogP) is 1.12. The normalized spacial score (nSPS) is 11.7. The van der Waals surface area contributed by atoms with Crippen LogP contribution in [0.4, 0.5) is 4.39 Å². The molecule has 4 nitrogen and oxygen atoms in total. The van der Waals surface area contributed by atoms with Crippen LogP contribution in [0, 0.1) is 5.82 Å². The first-order chi connectivity index (χ1) is 7.94. The van der Waals surface area contributed by atoms with E-state index in [0.717, 1.165) is 6.07 Å². The SMILES string of the molecule is CNCCNS(=O)(=O)Cc1ccc(F)c(Cl)c1. The Labute approximate surface area is 105 Å². The van der Waals surface area contributed by atoms with Crippen molar-refractivity contribution in [2.75, 3.05) is 20.1 Å². The molecule has 1 rings (SSSR count). The molecular weight excluding hydrogens is 267 g/mol. The molecule has 7 heteroatoms. The number of nitrogens with one attached hydrogen (secondary N) is 2. The predicted molar refractivity (Wildman–Crippen MR) is 66.0 cm³/mol.